The summed E-state index contributed by atoms with van der Waals surface area (Å²) in [4.78, 5) is 23.4. The standard InChI is InChI=1S/C16H15ClN2O2/c17-13-6-8-14(9-7-13)19-16(21)10-15(20)18-11-12-4-2-1-3-5-12/h1-9H,10-11H2,(H,18,20)(H,19,21). The van der Waals surface area contributed by atoms with Gasteiger partial charge in [-0.15, -0.1) is 0 Å². The Bertz CT molecular complexity index is 612. The van der Waals surface area contributed by atoms with Gasteiger partial charge in [0, 0.05) is 17.3 Å². The first-order valence-corrected chi connectivity index (χ1v) is 6.87. The molecule has 0 aliphatic rings. The SMILES string of the molecule is O=C(CC(=O)Nc1ccc(Cl)cc1)NCc1ccccc1. The fourth-order valence-corrected chi connectivity index (χ4v) is 1.87. The van der Waals surface area contributed by atoms with Crippen LogP contribution in [0.4, 0.5) is 5.69 Å². The molecule has 2 aromatic carbocycles. The number of hydrogen-bond donors (Lipinski definition) is 2. The molecule has 0 aromatic heterocycles. The van der Waals surface area contributed by atoms with E-state index in [-0.39, 0.29) is 18.2 Å². The summed E-state index contributed by atoms with van der Waals surface area (Å²) in [7, 11) is 0. The number of nitrogens with one attached hydrogen (secondary N) is 2. The van der Waals surface area contributed by atoms with Crippen LogP contribution >= 0.6 is 11.6 Å². The third kappa shape index (κ3) is 5.28. The Hall–Kier alpha value is -2.33. The minimum Gasteiger partial charge on any atom is -0.352 e. The summed E-state index contributed by atoms with van der Waals surface area (Å²) in [6.07, 6.45) is -0.213. The van der Waals surface area contributed by atoms with E-state index >= 15 is 0 Å². The number of anilines is 1. The molecule has 0 spiro atoms. The van der Waals surface area contributed by atoms with E-state index in [0.29, 0.717) is 17.3 Å². The second kappa shape index (κ2) is 7.45. The summed E-state index contributed by atoms with van der Waals surface area (Å²) in [6, 6.07) is 16.2. The molecular formula is C16H15ClN2O2. The van der Waals surface area contributed by atoms with Crippen LogP contribution in [0.2, 0.25) is 5.02 Å². The molecule has 5 heteroatoms. The van der Waals surface area contributed by atoms with Gasteiger partial charge >= 0.3 is 0 Å². The molecular weight excluding hydrogens is 288 g/mol. The monoisotopic (exact) mass is 302 g/mol. The van der Waals surface area contributed by atoms with E-state index in [2.05, 4.69) is 10.6 Å². The molecule has 0 aliphatic heterocycles. The minimum absolute atomic E-state index is 0.213. The first-order chi connectivity index (χ1) is 10.1. The molecule has 0 aliphatic carbocycles. The van der Waals surface area contributed by atoms with E-state index in [1.165, 1.54) is 0 Å². The van der Waals surface area contributed by atoms with Crippen LogP contribution in [-0.2, 0) is 16.1 Å². The summed E-state index contributed by atoms with van der Waals surface area (Å²) < 4.78 is 0. The Morgan fingerprint density at radius 2 is 1.57 bits per heavy atom. The van der Waals surface area contributed by atoms with Crippen molar-refractivity contribution in [2.24, 2.45) is 0 Å². The summed E-state index contributed by atoms with van der Waals surface area (Å²) in [5.41, 5.74) is 1.60. The maximum absolute atomic E-state index is 11.7. The van der Waals surface area contributed by atoms with Gasteiger partial charge in [0.25, 0.3) is 0 Å². The zero-order valence-electron chi connectivity index (χ0n) is 11.3. The minimum atomic E-state index is -0.358. The van der Waals surface area contributed by atoms with E-state index in [1.807, 2.05) is 30.3 Å². The average molecular weight is 303 g/mol. The van der Waals surface area contributed by atoms with E-state index in [9.17, 15) is 9.59 Å². The van der Waals surface area contributed by atoms with Crippen molar-refractivity contribution in [3.8, 4) is 0 Å². The summed E-state index contributed by atoms with van der Waals surface area (Å²) >= 11 is 5.76. The first-order valence-electron chi connectivity index (χ1n) is 6.49. The summed E-state index contributed by atoms with van der Waals surface area (Å²) in [5, 5.41) is 5.93. The van der Waals surface area contributed by atoms with Crippen molar-refractivity contribution >= 4 is 29.1 Å². The Kier molecular flexibility index (Phi) is 5.35. The molecule has 0 bridgehead atoms. The van der Waals surface area contributed by atoms with Crippen LogP contribution < -0.4 is 10.6 Å². The van der Waals surface area contributed by atoms with E-state index in [0.717, 1.165) is 5.56 Å². The Morgan fingerprint density at radius 3 is 2.24 bits per heavy atom. The van der Waals surface area contributed by atoms with Crippen molar-refractivity contribution in [2.45, 2.75) is 13.0 Å². The number of halogens is 1. The molecule has 0 saturated carbocycles. The predicted molar refractivity (Wildman–Crippen MR) is 83.0 cm³/mol. The van der Waals surface area contributed by atoms with Crippen molar-refractivity contribution in [3.63, 3.8) is 0 Å². The molecule has 4 nitrogen and oxygen atoms in total. The lowest BCUT2D eigenvalue weighted by Crippen LogP contribution is -2.27. The fourth-order valence-electron chi connectivity index (χ4n) is 1.74. The highest BCUT2D eigenvalue weighted by Gasteiger charge is 2.09. The Labute approximate surface area is 128 Å². The van der Waals surface area contributed by atoms with Crippen molar-refractivity contribution in [3.05, 3.63) is 65.2 Å². The number of carbonyl (C=O) groups excluding carboxylic acids is 2. The van der Waals surface area contributed by atoms with Gasteiger partial charge in [-0.1, -0.05) is 41.9 Å². The largest absolute Gasteiger partial charge is 0.352 e. The van der Waals surface area contributed by atoms with Gasteiger partial charge in [-0.3, -0.25) is 9.59 Å². The van der Waals surface area contributed by atoms with Crippen LogP contribution in [0.5, 0.6) is 0 Å². The molecule has 2 amide bonds. The van der Waals surface area contributed by atoms with Gasteiger partial charge in [-0.2, -0.15) is 0 Å². The second-order valence-electron chi connectivity index (χ2n) is 4.49. The lowest BCUT2D eigenvalue weighted by atomic mass is 10.2. The van der Waals surface area contributed by atoms with Crippen molar-refractivity contribution in [1.82, 2.24) is 5.32 Å². The normalized spacial score (nSPS) is 9.95. The van der Waals surface area contributed by atoms with E-state index in [1.54, 1.807) is 24.3 Å². The van der Waals surface area contributed by atoms with Crippen molar-refractivity contribution in [1.29, 1.82) is 0 Å². The third-order valence-corrected chi connectivity index (χ3v) is 3.03. The van der Waals surface area contributed by atoms with Crippen LogP contribution in [0.1, 0.15) is 12.0 Å². The fraction of sp³-hybridized carbons (Fsp3) is 0.125. The summed E-state index contributed by atoms with van der Waals surface area (Å²) in [6.45, 7) is 0.411. The third-order valence-electron chi connectivity index (χ3n) is 2.78. The Morgan fingerprint density at radius 1 is 0.905 bits per heavy atom. The maximum Gasteiger partial charge on any atom is 0.233 e. The van der Waals surface area contributed by atoms with Crippen LogP contribution in [0.15, 0.2) is 54.6 Å². The summed E-state index contributed by atoms with van der Waals surface area (Å²) in [5.74, 6) is -0.673. The highest BCUT2D eigenvalue weighted by molar-refractivity contribution is 6.30. The van der Waals surface area contributed by atoms with Gasteiger partial charge in [0.1, 0.15) is 6.42 Å². The van der Waals surface area contributed by atoms with Gasteiger partial charge in [-0.05, 0) is 29.8 Å². The Balaban J connectivity index is 1.77. The molecule has 108 valence electrons. The number of carbonyl (C=O) groups is 2. The first kappa shape index (κ1) is 15.1. The molecule has 21 heavy (non-hydrogen) atoms. The zero-order valence-corrected chi connectivity index (χ0v) is 12.1. The number of amides is 2. The molecule has 0 fully saturated rings. The molecule has 0 unspecified atom stereocenters. The molecule has 2 N–H and O–H groups in total. The van der Waals surface area contributed by atoms with Crippen molar-refractivity contribution in [2.75, 3.05) is 5.32 Å². The van der Waals surface area contributed by atoms with Crippen LogP contribution in [-0.4, -0.2) is 11.8 Å². The van der Waals surface area contributed by atoms with Gasteiger partial charge in [0.05, 0.1) is 0 Å². The number of hydrogen-bond acceptors (Lipinski definition) is 2. The van der Waals surface area contributed by atoms with Gasteiger partial charge in [0.15, 0.2) is 0 Å². The molecule has 0 heterocycles. The van der Waals surface area contributed by atoms with Crippen LogP contribution in [0.25, 0.3) is 0 Å². The van der Waals surface area contributed by atoms with E-state index < -0.39 is 0 Å². The van der Waals surface area contributed by atoms with Gasteiger partial charge in [0.2, 0.25) is 11.8 Å². The predicted octanol–water partition coefficient (Wildman–Crippen LogP) is 2.99. The highest BCUT2D eigenvalue weighted by atomic mass is 35.5. The molecule has 0 atom stereocenters. The van der Waals surface area contributed by atoms with Gasteiger partial charge < -0.3 is 10.6 Å². The molecule has 0 radical (unpaired) electrons. The van der Waals surface area contributed by atoms with Crippen LogP contribution in [0.3, 0.4) is 0 Å². The zero-order chi connectivity index (χ0) is 15.1. The number of benzene rings is 2. The molecule has 0 saturated heterocycles. The topological polar surface area (TPSA) is 58.2 Å². The van der Waals surface area contributed by atoms with Crippen molar-refractivity contribution < 1.29 is 9.59 Å². The number of rotatable bonds is 5. The second-order valence-corrected chi connectivity index (χ2v) is 4.93. The van der Waals surface area contributed by atoms with Gasteiger partial charge in [-0.25, -0.2) is 0 Å². The average Bonchev–Trinajstić information content (AvgIpc) is 2.48. The highest BCUT2D eigenvalue weighted by Crippen LogP contribution is 2.13. The smallest absolute Gasteiger partial charge is 0.233 e. The molecule has 2 aromatic rings. The quantitative estimate of drug-likeness (QED) is 0.834. The maximum atomic E-state index is 11.7. The van der Waals surface area contributed by atoms with E-state index in [4.69, 9.17) is 11.6 Å². The van der Waals surface area contributed by atoms with Crippen LogP contribution in [0, 0.1) is 0 Å². The lowest BCUT2D eigenvalue weighted by molar-refractivity contribution is -0.126. The lowest BCUT2D eigenvalue weighted by Gasteiger charge is -2.07. The molecule has 2 rings (SSSR count).